The summed E-state index contributed by atoms with van der Waals surface area (Å²) in [6.45, 7) is 3.15. The molecule has 144 valence electrons. The minimum absolute atomic E-state index is 0.577. The lowest BCUT2D eigenvalue weighted by molar-refractivity contribution is 0.636. The summed E-state index contributed by atoms with van der Waals surface area (Å²) >= 11 is 5.44. The number of thiocarbonyl (C=S) groups is 1. The van der Waals surface area contributed by atoms with Gasteiger partial charge in [-0.3, -0.25) is 0 Å². The van der Waals surface area contributed by atoms with Crippen molar-refractivity contribution < 1.29 is 0 Å². The Hall–Kier alpha value is -2.73. The van der Waals surface area contributed by atoms with Gasteiger partial charge in [0.1, 0.15) is 5.82 Å². The van der Waals surface area contributed by atoms with E-state index in [4.69, 9.17) is 12.2 Å². The predicted molar refractivity (Wildman–Crippen MR) is 119 cm³/mol. The summed E-state index contributed by atoms with van der Waals surface area (Å²) < 4.78 is 2.27. The molecule has 0 fully saturated rings. The van der Waals surface area contributed by atoms with Crippen molar-refractivity contribution in [2.75, 3.05) is 10.6 Å². The maximum Gasteiger partial charge on any atom is 0.175 e. The fraction of sp³-hybridized carbons (Fsp3) is 0.318. The van der Waals surface area contributed by atoms with Crippen molar-refractivity contribution in [1.29, 1.82) is 0 Å². The number of hydrogen-bond donors (Lipinski definition) is 2. The van der Waals surface area contributed by atoms with Crippen LogP contribution in [0.5, 0.6) is 0 Å². The molecule has 1 aliphatic heterocycles. The van der Waals surface area contributed by atoms with Gasteiger partial charge in [-0.15, -0.1) is 10.2 Å². The summed E-state index contributed by atoms with van der Waals surface area (Å²) in [5, 5.41) is 15.9. The van der Waals surface area contributed by atoms with E-state index in [-0.39, 0.29) is 0 Å². The predicted octanol–water partition coefficient (Wildman–Crippen LogP) is 5.04. The van der Waals surface area contributed by atoms with Gasteiger partial charge in [-0.05, 0) is 73.4 Å². The molecule has 2 heterocycles. The maximum absolute atomic E-state index is 5.44. The zero-order chi connectivity index (χ0) is 19.3. The second-order valence-electron chi connectivity index (χ2n) is 7.11. The Labute approximate surface area is 171 Å². The van der Waals surface area contributed by atoms with Crippen LogP contribution in [0.2, 0.25) is 0 Å². The first-order chi connectivity index (χ1) is 13.7. The van der Waals surface area contributed by atoms with Crippen LogP contribution in [0.1, 0.15) is 37.6 Å². The van der Waals surface area contributed by atoms with Crippen molar-refractivity contribution in [2.24, 2.45) is 0 Å². The van der Waals surface area contributed by atoms with Crippen LogP contribution in [-0.4, -0.2) is 19.9 Å². The molecule has 0 saturated carbocycles. The van der Waals surface area contributed by atoms with Gasteiger partial charge < -0.3 is 15.2 Å². The third-order valence-corrected chi connectivity index (χ3v) is 5.33. The molecule has 0 spiro atoms. The number of nitrogens with zero attached hydrogens (tertiary/aromatic N) is 3. The van der Waals surface area contributed by atoms with Crippen molar-refractivity contribution in [1.82, 2.24) is 14.8 Å². The number of aromatic nitrogens is 3. The summed E-state index contributed by atoms with van der Waals surface area (Å²) in [5.41, 5.74) is 4.33. The molecule has 0 radical (unpaired) electrons. The van der Waals surface area contributed by atoms with Crippen molar-refractivity contribution in [3.05, 3.63) is 59.9 Å². The topological polar surface area (TPSA) is 54.8 Å². The van der Waals surface area contributed by atoms with Crippen LogP contribution in [0.15, 0.2) is 48.5 Å². The molecule has 0 atom stereocenters. The van der Waals surface area contributed by atoms with Crippen LogP contribution in [0.25, 0.3) is 11.4 Å². The number of rotatable bonds is 4. The van der Waals surface area contributed by atoms with E-state index < -0.39 is 0 Å². The lowest BCUT2D eigenvalue weighted by atomic mass is 10.1. The van der Waals surface area contributed by atoms with Crippen molar-refractivity contribution in [2.45, 2.75) is 45.6 Å². The van der Waals surface area contributed by atoms with Gasteiger partial charge in [-0.2, -0.15) is 0 Å². The molecule has 6 heteroatoms. The minimum Gasteiger partial charge on any atom is -0.332 e. The first kappa shape index (κ1) is 18.6. The largest absolute Gasteiger partial charge is 0.332 e. The van der Waals surface area contributed by atoms with E-state index in [1.807, 2.05) is 24.3 Å². The smallest absolute Gasteiger partial charge is 0.175 e. The highest BCUT2D eigenvalue weighted by Gasteiger charge is 2.15. The highest BCUT2D eigenvalue weighted by Crippen LogP contribution is 2.24. The first-order valence-corrected chi connectivity index (χ1v) is 10.3. The van der Waals surface area contributed by atoms with Crippen LogP contribution in [-0.2, 0) is 19.4 Å². The van der Waals surface area contributed by atoms with Gasteiger partial charge in [0, 0.05) is 29.9 Å². The molecule has 1 aliphatic rings. The van der Waals surface area contributed by atoms with Gasteiger partial charge in [0.15, 0.2) is 10.9 Å². The van der Waals surface area contributed by atoms with Gasteiger partial charge >= 0.3 is 0 Å². The minimum atomic E-state index is 0.577. The Morgan fingerprint density at radius 1 is 0.929 bits per heavy atom. The number of aryl methyl sites for hydroxylation is 2. The van der Waals surface area contributed by atoms with Crippen LogP contribution in [0.3, 0.4) is 0 Å². The Morgan fingerprint density at radius 2 is 1.61 bits per heavy atom. The van der Waals surface area contributed by atoms with E-state index in [2.05, 4.69) is 56.6 Å². The third kappa shape index (κ3) is 4.22. The quantitative estimate of drug-likeness (QED) is 0.610. The van der Waals surface area contributed by atoms with Crippen LogP contribution < -0.4 is 10.6 Å². The fourth-order valence-electron chi connectivity index (χ4n) is 3.52. The SMILES string of the molecule is CCc1ccc(NC(=S)Nc2ccc(-c3nnc4n3CCCCC4)cc2)cc1. The van der Waals surface area contributed by atoms with Crippen LogP contribution >= 0.6 is 12.2 Å². The molecule has 3 aromatic rings. The van der Waals surface area contributed by atoms with Gasteiger partial charge in [0.2, 0.25) is 0 Å². The average Bonchev–Trinajstić information content (AvgIpc) is 2.97. The summed E-state index contributed by atoms with van der Waals surface area (Å²) in [5.74, 6) is 2.06. The molecule has 5 nitrogen and oxygen atoms in total. The second kappa shape index (κ2) is 8.52. The molecule has 2 N–H and O–H groups in total. The number of nitrogens with one attached hydrogen (secondary N) is 2. The monoisotopic (exact) mass is 391 g/mol. The third-order valence-electron chi connectivity index (χ3n) is 5.13. The molecule has 2 aromatic carbocycles. The lowest BCUT2D eigenvalue weighted by Gasteiger charge is -2.12. The fourth-order valence-corrected chi connectivity index (χ4v) is 3.75. The molecular weight excluding hydrogens is 366 g/mol. The van der Waals surface area contributed by atoms with E-state index >= 15 is 0 Å². The average molecular weight is 392 g/mol. The van der Waals surface area contributed by atoms with Gasteiger partial charge in [0.05, 0.1) is 0 Å². The lowest BCUT2D eigenvalue weighted by Crippen LogP contribution is -2.18. The Bertz CT molecular complexity index is 944. The van der Waals surface area contributed by atoms with E-state index in [9.17, 15) is 0 Å². The second-order valence-corrected chi connectivity index (χ2v) is 7.52. The number of fused-ring (bicyclic) bond motifs is 1. The number of anilines is 2. The molecule has 0 unspecified atom stereocenters. The summed E-state index contributed by atoms with van der Waals surface area (Å²) in [7, 11) is 0. The summed E-state index contributed by atoms with van der Waals surface area (Å²) in [6.07, 6.45) is 5.71. The van der Waals surface area contributed by atoms with E-state index in [1.165, 1.54) is 24.8 Å². The summed E-state index contributed by atoms with van der Waals surface area (Å²) in [6, 6.07) is 16.5. The Morgan fingerprint density at radius 3 is 2.29 bits per heavy atom. The van der Waals surface area contributed by atoms with Gasteiger partial charge in [-0.25, -0.2) is 0 Å². The first-order valence-electron chi connectivity index (χ1n) is 9.92. The molecule has 0 saturated heterocycles. The van der Waals surface area contributed by atoms with E-state index in [0.29, 0.717) is 5.11 Å². The molecule has 0 bridgehead atoms. The maximum atomic E-state index is 5.44. The Balaban J connectivity index is 1.42. The summed E-state index contributed by atoms with van der Waals surface area (Å²) in [4.78, 5) is 0. The molecule has 4 rings (SSSR count). The zero-order valence-corrected chi connectivity index (χ0v) is 16.9. The molecule has 1 aromatic heterocycles. The normalized spacial score (nSPS) is 13.5. The number of hydrogen-bond acceptors (Lipinski definition) is 3. The van der Waals surface area contributed by atoms with Crippen molar-refractivity contribution in [3.63, 3.8) is 0 Å². The Kier molecular flexibility index (Phi) is 5.67. The van der Waals surface area contributed by atoms with Gasteiger partial charge in [0.25, 0.3) is 0 Å². The highest BCUT2D eigenvalue weighted by molar-refractivity contribution is 7.80. The molecular formula is C22H25N5S. The highest BCUT2D eigenvalue weighted by atomic mass is 32.1. The van der Waals surface area contributed by atoms with Crippen LogP contribution in [0.4, 0.5) is 11.4 Å². The zero-order valence-electron chi connectivity index (χ0n) is 16.1. The van der Waals surface area contributed by atoms with Crippen LogP contribution in [0, 0.1) is 0 Å². The molecule has 0 aliphatic carbocycles. The molecule has 0 amide bonds. The van der Waals surface area contributed by atoms with E-state index in [1.54, 1.807) is 0 Å². The van der Waals surface area contributed by atoms with Crippen molar-refractivity contribution >= 4 is 28.7 Å². The van der Waals surface area contributed by atoms with Crippen molar-refractivity contribution in [3.8, 4) is 11.4 Å². The standard InChI is InChI=1S/C22H25N5S/c1-2-16-7-11-18(12-8-16)23-22(28)24-19-13-9-17(10-14-19)21-26-25-20-6-4-3-5-15-27(20)21/h7-14H,2-6,15H2,1H3,(H2,23,24,28). The van der Waals surface area contributed by atoms with Gasteiger partial charge in [-0.1, -0.05) is 25.5 Å². The number of benzene rings is 2. The van der Waals surface area contributed by atoms with E-state index in [0.717, 1.165) is 48.0 Å². The molecule has 28 heavy (non-hydrogen) atoms.